The molecule has 3 rings (SSSR count). The summed E-state index contributed by atoms with van der Waals surface area (Å²) in [7, 11) is 3.97. The lowest BCUT2D eigenvalue weighted by atomic mass is 10.0. The highest BCUT2D eigenvalue weighted by Crippen LogP contribution is 2.27. The first-order chi connectivity index (χ1) is 9.28. The normalized spacial score (nSPS) is 15.1. The van der Waals surface area contributed by atoms with Gasteiger partial charge in [0, 0.05) is 12.6 Å². The molecule has 1 fully saturated rings. The third-order valence-electron chi connectivity index (χ3n) is 4.08. The van der Waals surface area contributed by atoms with E-state index in [2.05, 4.69) is 42.3 Å². The predicted octanol–water partition coefficient (Wildman–Crippen LogP) is 3.49. The Kier molecular flexibility index (Phi) is 3.43. The number of likely N-dealkylation sites (N-methyl/N-ethyl adjacent to an activating group) is 1. The minimum absolute atomic E-state index is 0.838. The van der Waals surface area contributed by atoms with Gasteiger partial charge in [-0.1, -0.05) is 24.3 Å². The van der Waals surface area contributed by atoms with Crippen LogP contribution in [0.3, 0.4) is 0 Å². The van der Waals surface area contributed by atoms with Crippen LogP contribution >= 0.6 is 0 Å². The van der Waals surface area contributed by atoms with Crippen LogP contribution in [0.25, 0.3) is 10.8 Å². The molecule has 2 heteroatoms. The zero-order chi connectivity index (χ0) is 13.2. The van der Waals surface area contributed by atoms with Gasteiger partial charge in [-0.3, -0.25) is 0 Å². The second kappa shape index (κ2) is 5.22. The minimum atomic E-state index is 0.838. The smallest absolute Gasteiger partial charge is 0.119 e. The average molecular weight is 255 g/mol. The van der Waals surface area contributed by atoms with Crippen molar-refractivity contribution >= 4 is 10.8 Å². The monoisotopic (exact) mass is 255 g/mol. The fraction of sp³-hybridized carbons (Fsp3) is 0.412. The van der Waals surface area contributed by atoms with Crippen LogP contribution in [0.5, 0.6) is 5.75 Å². The fourth-order valence-electron chi connectivity index (χ4n) is 2.66. The van der Waals surface area contributed by atoms with Gasteiger partial charge in [0.15, 0.2) is 0 Å². The van der Waals surface area contributed by atoms with E-state index in [0.717, 1.165) is 24.8 Å². The van der Waals surface area contributed by atoms with Gasteiger partial charge in [0.2, 0.25) is 0 Å². The first kappa shape index (κ1) is 12.5. The quantitative estimate of drug-likeness (QED) is 0.811. The van der Waals surface area contributed by atoms with Crippen LogP contribution in [0, 0.1) is 0 Å². The zero-order valence-electron chi connectivity index (χ0n) is 11.7. The summed E-state index contributed by atoms with van der Waals surface area (Å²) in [6, 6.07) is 13.7. The van der Waals surface area contributed by atoms with Gasteiger partial charge in [0.25, 0.3) is 0 Å². The van der Waals surface area contributed by atoms with Crippen molar-refractivity contribution in [3.8, 4) is 5.75 Å². The van der Waals surface area contributed by atoms with Crippen LogP contribution in [0.15, 0.2) is 36.4 Å². The zero-order valence-corrected chi connectivity index (χ0v) is 11.7. The Bertz CT molecular complexity index is 574. The maximum atomic E-state index is 5.34. The highest BCUT2D eigenvalue weighted by atomic mass is 16.5. The van der Waals surface area contributed by atoms with Crippen molar-refractivity contribution in [3.05, 3.63) is 42.0 Å². The van der Waals surface area contributed by atoms with Gasteiger partial charge >= 0.3 is 0 Å². The molecule has 0 saturated heterocycles. The lowest BCUT2D eigenvalue weighted by Gasteiger charge is -2.16. The second-order valence-corrected chi connectivity index (χ2v) is 5.47. The van der Waals surface area contributed by atoms with Crippen LogP contribution in [0.4, 0.5) is 0 Å². The molecule has 0 bridgehead atoms. The van der Waals surface area contributed by atoms with E-state index in [0.29, 0.717) is 0 Å². The summed E-state index contributed by atoms with van der Waals surface area (Å²) < 4.78 is 5.34. The van der Waals surface area contributed by atoms with E-state index in [1.165, 1.54) is 29.2 Å². The van der Waals surface area contributed by atoms with Gasteiger partial charge in [-0.2, -0.15) is 0 Å². The number of benzene rings is 2. The maximum absolute atomic E-state index is 5.34. The Labute approximate surface area is 115 Å². The number of fused-ring (bicyclic) bond motifs is 1. The van der Waals surface area contributed by atoms with Crippen molar-refractivity contribution in [1.82, 2.24) is 4.90 Å². The number of hydrogen-bond acceptors (Lipinski definition) is 2. The summed E-state index contributed by atoms with van der Waals surface area (Å²) in [5.74, 6) is 0.940. The van der Waals surface area contributed by atoms with E-state index in [1.807, 2.05) is 6.07 Å². The van der Waals surface area contributed by atoms with Crippen molar-refractivity contribution in [1.29, 1.82) is 0 Å². The number of hydrogen-bond donors (Lipinski definition) is 0. The first-order valence-electron chi connectivity index (χ1n) is 7.04. The van der Waals surface area contributed by atoms with Crippen LogP contribution in [0.2, 0.25) is 0 Å². The largest absolute Gasteiger partial charge is 0.497 e. The third-order valence-corrected chi connectivity index (χ3v) is 4.08. The van der Waals surface area contributed by atoms with Crippen LogP contribution in [0.1, 0.15) is 18.4 Å². The Morgan fingerprint density at radius 1 is 1.21 bits per heavy atom. The molecule has 0 amide bonds. The lowest BCUT2D eigenvalue weighted by Crippen LogP contribution is -2.23. The highest BCUT2D eigenvalue weighted by Gasteiger charge is 2.25. The number of rotatable bonds is 5. The van der Waals surface area contributed by atoms with Gasteiger partial charge in [0.1, 0.15) is 5.75 Å². The molecule has 0 unspecified atom stereocenters. The van der Waals surface area contributed by atoms with Gasteiger partial charge < -0.3 is 9.64 Å². The summed E-state index contributed by atoms with van der Waals surface area (Å²) in [6.45, 7) is 1.14. The topological polar surface area (TPSA) is 12.5 Å². The van der Waals surface area contributed by atoms with E-state index in [1.54, 1.807) is 7.11 Å². The Balaban J connectivity index is 1.84. The Morgan fingerprint density at radius 3 is 2.79 bits per heavy atom. The highest BCUT2D eigenvalue weighted by molar-refractivity contribution is 5.87. The molecule has 0 aliphatic heterocycles. The number of methoxy groups -OCH3 is 1. The van der Waals surface area contributed by atoms with E-state index in [-0.39, 0.29) is 0 Å². The molecule has 100 valence electrons. The predicted molar refractivity (Wildman–Crippen MR) is 79.9 cm³/mol. The molecule has 0 spiro atoms. The molecule has 0 heterocycles. The van der Waals surface area contributed by atoms with Crippen molar-refractivity contribution in [2.24, 2.45) is 0 Å². The molecule has 2 aromatic rings. The minimum Gasteiger partial charge on any atom is -0.497 e. The SMILES string of the molecule is COc1ccc2cccc(CCN(C)C3CC3)c2c1. The van der Waals surface area contributed by atoms with Crippen molar-refractivity contribution in [2.75, 3.05) is 20.7 Å². The van der Waals surface area contributed by atoms with E-state index in [4.69, 9.17) is 4.74 Å². The molecule has 0 atom stereocenters. The van der Waals surface area contributed by atoms with Crippen molar-refractivity contribution < 1.29 is 4.74 Å². The summed E-state index contributed by atoms with van der Waals surface area (Å²) >= 11 is 0. The molecule has 2 nitrogen and oxygen atoms in total. The Morgan fingerprint density at radius 2 is 2.05 bits per heavy atom. The summed E-state index contributed by atoms with van der Waals surface area (Å²) in [6.07, 6.45) is 3.86. The molecule has 1 aliphatic carbocycles. The molecule has 1 saturated carbocycles. The van der Waals surface area contributed by atoms with E-state index >= 15 is 0 Å². The number of ether oxygens (including phenoxy) is 1. The van der Waals surface area contributed by atoms with Gasteiger partial charge in [-0.15, -0.1) is 0 Å². The van der Waals surface area contributed by atoms with E-state index < -0.39 is 0 Å². The van der Waals surface area contributed by atoms with Crippen molar-refractivity contribution in [2.45, 2.75) is 25.3 Å². The second-order valence-electron chi connectivity index (χ2n) is 5.47. The van der Waals surface area contributed by atoms with Gasteiger partial charge in [-0.05, 0) is 54.8 Å². The Hall–Kier alpha value is -1.54. The lowest BCUT2D eigenvalue weighted by molar-refractivity contribution is 0.329. The molecule has 0 aromatic heterocycles. The van der Waals surface area contributed by atoms with E-state index in [9.17, 15) is 0 Å². The molecule has 19 heavy (non-hydrogen) atoms. The summed E-state index contributed by atoms with van der Waals surface area (Å²) in [5.41, 5.74) is 1.42. The number of nitrogens with zero attached hydrogens (tertiary/aromatic N) is 1. The molecule has 2 aromatic carbocycles. The molecule has 1 aliphatic rings. The maximum Gasteiger partial charge on any atom is 0.119 e. The summed E-state index contributed by atoms with van der Waals surface area (Å²) in [4.78, 5) is 2.49. The van der Waals surface area contributed by atoms with Gasteiger partial charge in [-0.25, -0.2) is 0 Å². The third kappa shape index (κ3) is 2.74. The molecular weight excluding hydrogens is 234 g/mol. The summed E-state index contributed by atoms with van der Waals surface area (Å²) in [5, 5.41) is 2.62. The molecule has 0 radical (unpaired) electrons. The fourth-order valence-corrected chi connectivity index (χ4v) is 2.66. The van der Waals surface area contributed by atoms with Crippen LogP contribution in [-0.2, 0) is 6.42 Å². The standard InChI is InChI=1S/C17H21NO/c1-18(15-7-8-15)11-10-14-5-3-4-13-6-9-16(19-2)12-17(13)14/h3-6,9,12,15H,7-8,10-11H2,1-2H3. The van der Waals surface area contributed by atoms with Crippen LogP contribution in [-0.4, -0.2) is 31.6 Å². The molecule has 0 N–H and O–H groups in total. The first-order valence-corrected chi connectivity index (χ1v) is 7.04. The van der Waals surface area contributed by atoms with Gasteiger partial charge in [0.05, 0.1) is 7.11 Å². The average Bonchev–Trinajstić information content (AvgIpc) is 3.28. The molecular formula is C17H21NO. The van der Waals surface area contributed by atoms with Crippen LogP contribution < -0.4 is 4.74 Å². The van der Waals surface area contributed by atoms with Crippen molar-refractivity contribution in [3.63, 3.8) is 0 Å².